The SMILES string of the molecule is CC(=O)OC(C)OC(=O)CC[C@@H]1N=C(c2ccccn2)c2cc(Br)ccc2-n2c(C)cnc21. The van der Waals surface area contributed by atoms with Crippen LogP contribution in [0, 0.1) is 6.92 Å². The Balaban J connectivity index is 1.71. The molecule has 170 valence electrons. The van der Waals surface area contributed by atoms with Crippen LogP contribution in [0.15, 0.2) is 58.3 Å². The van der Waals surface area contributed by atoms with Gasteiger partial charge in [-0.3, -0.25) is 24.1 Å². The molecule has 1 aliphatic heterocycles. The first-order valence-electron chi connectivity index (χ1n) is 10.5. The van der Waals surface area contributed by atoms with Crippen molar-refractivity contribution in [3.63, 3.8) is 0 Å². The summed E-state index contributed by atoms with van der Waals surface area (Å²) in [7, 11) is 0. The highest BCUT2D eigenvalue weighted by Crippen LogP contribution is 2.34. The maximum Gasteiger partial charge on any atom is 0.308 e. The van der Waals surface area contributed by atoms with E-state index in [9.17, 15) is 9.59 Å². The number of hydrogen-bond donors (Lipinski definition) is 0. The van der Waals surface area contributed by atoms with Crippen molar-refractivity contribution in [2.75, 3.05) is 0 Å². The van der Waals surface area contributed by atoms with Crippen LogP contribution in [-0.2, 0) is 19.1 Å². The topological polar surface area (TPSA) is 95.7 Å². The number of rotatable bonds is 6. The minimum Gasteiger partial charge on any atom is -0.426 e. The van der Waals surface area contributed by atoms with E-state index in [0.717, 1.165) is 38.6 Å². The molecule has 4 rings (SSSR count). The van der Waals surface area contributed by atoms with Gasteiger partial charge in [0.05, 0.1) is 17.1 Å². The Hall–Kier alpha value is -3.33. The molecule has 3 aromatic rings. The smallest absolute Gasteiger partial charge is 0.308 e. The molecule has 2 atom stereocenters. The first kappa shape index (κ1) is 22.8. The monoisotopic (exact) mass is 510 g/mol. The number of carbonyl (C=O) groups is 2. The highest BCUT2D eigenvalue weighted by molar-refractivity contribution is 9.10. The number of aryl methyl sites for hydroxylation is 1. The molecule has 33 heavy (non-hydrogen) atoms. The van der Waals surface area contributed by atoms with E-state index in [0.29, 0.717) is 6.42 Å². The zero-order valence-electron chi connectivity index (χ0n) is 18.5. The molecule has 0 aliphatic carbocycles. The van der Waals surface area contributed by atoms with Crippen molar-refractivity contribution >= 4 is 33.6 Å². The van der Waals surface area contributed by atoms with E-state index < -0.39 is 24.3 Å². The van der Waals surface area contributed by atoms with Gasteiger partial charge in [-0.25, -0.2) is 4.98 Å². The number of hydrogen-bond acceptors (Lipinski definition) is 7. The third-order valence-corrected chi connectivity index (χ3v) is 5.66. The van der Waals surface area contributed by atoms with Crippen molar-refractivity contribution in [3.05, 3.63) is 76.0 Å². The molecule has 0 bridgehead atoms. The molecule has 0 fully saturated rings. The Morgan fingerprint density at radius 1 is 1.18 bits per heavy atom. The van der Waals surface area contributed by atoms with Crippen LogP contribution in [0.5, 0.6) is 0 Å². The van der Waals surface area contributed by atoms with Crippen LogP contribution in [0.4, 0.5) is 0 Å². The van der Waals surface area contributed by atoms with E-state index >= 15 is 0 Å². The standard InChI is InChI=1S/C24H23BrN4O4/c1-14-13-27-24-20(8-10-22(31)33-16(3)32-15(2)30)28-23(19-6-4-5-11-26-19)18-12-17(25)7-9-21(18)29(14)24/h4-7,9,11-13,16,20H,8,10H2,1-3H3/t16?,20-/m0/s1. The summed E-state index contributed by atoms with van der Waals surface area (Å²) in [5.41, 5.74) is 4.28. The first-order valence-corrected chi connectivity index (χ1v) is 11.3. The second-order valence-corrected chi connectivity index (χ2v) is 8.58. The third kappa shape index (κ3) is 5.03. The Morgan fingerprint density at radius 2 is 2.00 bits per heavy atom. The average molecular weight is 511 g/mol. The van der Waals surface area contributed by atoms with Gasteiger partial charge in [0.2, 0.25) is 6.29 Å². The number of imidazole rings is 1. The van der Waals surface area contributed by atoms with E-state index in [1.807, 2.05) is 43.3 Å². The van der Waals surface area contributed by atoms with Crippen molar-refractivity contribution < 1.29 is 19.1 Å². The van der Waals surface area contributed by atoms with Gasteiger partial charge in [0.1, 0.15) is 11.9 Å². The van der Waals surface area contributed by atoms with E-state index in [2.05, 4.69) is 30.5 Å². The number of nitrogens with zero attached hydrogens (tertiary/aromatic N) is 4. The fourth-order valence-corrected chi connectivity index (χ4v) is 4.20. The van der Waals surface area contributed by atoms with Gasteiger partial charge >= 0.3 is 11.9 Å². The van der Waals surface area contributed by atoms with E-state index in [1.165, 1.54) is 13.8 Å². The molecule has 0 saturated carbocycles. The van der Waals surface area contributed by atoms with Gasteiger partial charge in [0, 0.05) is 48.4 Å². The number of aliphatic imine (C=N–C) groups is 1. The van der Waals surface area contributed by atoms with Gasteiger partial charge < -0.3 is 9.47 Å². The lowest BCUT2D eigenvalue weighted by molar-refractivity contribution is -0.182. The second kappa shape index (κ2) is 9.66. The summed E-state index contributed by atoms with van der Waals surface area (Å²) in [4.78, 5) is 37.6. The van der Waals surface area contributed by atoms with Gasteiger partial charge in [-0.2, -0.15) is 0 Å². The molecule has 3 heterocycles. The molecule has 0 radical (unpaired) electrons. The highest BCUT2D eigenvalue weighted by Gasteiger charge is 2.28. The second-order valence-electron chi connectivity index (χ2n) is 7.67. The van der Waals surface area contributed by atoms with E-state index in [4.69, 9.17) is 14.5 Å². The number of esters is 2. The number of carbonyl (C=O) groups excluding carboxylic acids is 2. The minimum atomic E-state index is -0.942. The fraction of sp³-hybridized carbons (Fsp3) is 0.292. The van der Waals surface area contributed by atoms with Crippen LogP contribution in [0.1, 0.15) is 55.5 Å². The maximum atomic E-state index is 12.4. The van der Waals surface area contributed by atoms with Crippen LogP contribution in [0.2, 0.25) is 0 Å². The summed E-state index contributed by atoms with van der Waals surface area (Å²) < 4.78 is 13.1. The number of ether oxygens (including phenoxy) is 2. The highest BCUT2D eigenvalue weighted by atomic mass is 79.9. The molecule has 0 amide bonds. The summed E-state index contributed by atoms with van der Waals surface area (Å²) in [6.07, 6.45) is 3.04. The molecular formula is C24H23BrN4O4. The van der Waals surface area contributed by atoms with Gasteiger partial charge in [0.15, 0.2) is 0 Å². The molecule has 2 aromatic heterocycles. The Kier molecular flexibility index (Phi) is 6.69. The lowest BCUT2D eigenvalue weighted by Gasteiger charge is -2.15. The lowest BCUT2D eigenvalue weighted by atomic mass is 10.0. The molecular weight excluding hydrogens is 488 g/mol. The summed E-state index contributed by atoms with van der Waals surface area (Å²) in [5.74, 6) is -0.245. The maximum absolute atomic E-state index is 12.4. The van der Waals surface area contributed by atoms with Gasteiger partial charge in [-0.15, -0.1) is 0 Å². The predicted molar refractivity (Wildman–Crippen MR) is 125 cm³/mol. The average Bonchev–Trinajstić information content (AvgIpc) is 3.08. The summed E-state index contributed by atoms with van der Waals surface area (Å²) in [6.45, 7) is 4.76. The molecule has 0 spiro atoms. The zero-order chi connectivity index (χ0) is 23.5. The molecule has 9 heteroatoms. The molecule has 1 aliphatic rings. The Labute approximate surface area is 199 Å². The van der Waals surface area contributed by atoms with Crippen LogP contribution in [-0.4, -0.2) is 38.5 Å². The fourth-order valence-electron chi connectivity index (χ4n) is 3.84. The van der Waals surface area contributed by atoms with Crippen molar-refractivity contribution in [1.29, 1.82) is 0 Å². The zero-order valence-corrected chi connectivity index (χ0v) is 20.1. The third-order valence-electron chi connectivity index (χ3n) is 5.16. The molecule has 0 saturated heterocycles. The van der Waals surface area contributed by atoms with Gasteiger partial charge in [-0.1, -0.05) is 22.0 Å². The normalized spacial score (nSPS) is 15.5. The van der Waals surface area contributed by atoms with Crippen LogP contribution < -0.4 is 0 Å². The summed E-state index contributed by atoms with van der Waals surface area (Å²) in [5, 5.41) is 0. The summed E-state index contributed by atoms with van der Waals surface area (Å²) >= 11 is 3.57. The quantitative estimate of drug-likeness (QED) is 0.358. The number of pyridine rings is 1. The van der Waals surface area contributed by atoms with Gasteiger partial charge in [0.25, 0.3) is 0 Å². The molecule has 8 nitrogen and oxygen atoms in total. The number of aromatic nitrogens is 3. The largest absolute Gasteiger partial charge is 0.426 e. The number of benzene rings is 1. The van der Waals surface area contributed by atoms with Crippen LogP contribution >= 0.6 is 15.9 Å². The Morgan fingerprint density at radius 3 is 2.73 bits per heavy atom. The predicted octanol–water partition coefficient (Wildman–Crippen LogP) is 4.46. The molecule has 1 unspecified atom stereocenters. The summed E-state index contributed by atoms with van der Waals surface area (Å²) in [6, 6.07) is 11.3. The van der Waals surface area contributed by atoms with E-state index in [1.54, 1.807) is 12.4 Å². The van der Waals surface area contributed by atoms with Gasteiger partial charge in [-0.05, 0) is 43.7 Å². The lowest BCUT2D eigenvalue weighted by Crippen LogP contribution is -2.20. The molecule has 1 aromatic carbocycles. The van der Waals surface area contributed by atoms with Crippen molar-refractivity contribution in [2.24, 2.45) is 4.99 Å². The van der Waals surface area contributed by atoms with Crippen molar-refractivity contribution in [3.8, 4) is 5.69 Å². The van der Waals surface area contributed by atoms with Crippen LogP contribution in [0.25, 0.3) is 5.69 Å². The number of halogens is 1. The Bertz CT molecular complexity index is 1220. The first-order chi connectivity index (χ1) is 15.8. The van der Waals surface area contributed by atoms with E-state index in [-0.39, 0.29) is 6.42 Å². The number of fused-ring (bicyclic) bond motifs is 3. The van der Waals surface area contributed by atoms with Crippen molar-refractivity contribution in [2.45, 2.75) is 45.9 Å². The minimum absolute atomic E-state index is 0.0845. The molecule has 0 N–H and O–H groups in total. The van der Waals surface area contributed by atoms with Crippen molar-refractivity contribution in [1.82, 2.24) is 14.5 Å². The van der Waals surface area contributed by atoms with Crippen LogP contribution in [0.3, 0.4) is 0 Å².